The van der Waals surface area contributed by atoms with Crippen LogP contribution in [0.25, 0.3) is 0 Å². The highest BCUT2D eigenvalue weighted by Gasteiger charge is 2.53. The molecule has 2 heteroatoms. The van der Waals surface area contributed by atoms with E-state index < -0.39 is 0 Å². The summed E-state index contributed by atoms with van der Waals surface area (Å²) in [7, 11) is 2.19. The summed E-state index contributed by atoms with van der Waals surface area (Å²) in [5, 5.41) is 0. The molecule has 1 heterocycles. The molecule has 3 atom stereocenters. The quantitative estimate of drug-likeness (QED) is 0.524. The van der Waals surface area contributed by atoms with Crippen LogP contribution in [0.15, 0.2) is 0 Å². The normalized spacial score (nSPS) is 54.3. The molecule has 1 saturated heterocycles. The number of rotatable bonds is 0. The number of hydrogen-bond donors (Lipinski definition) is 1. The first-order valence-corrected chi connectivity index (χ1v) is 4.06. The van der Waals surface area contributed by atoms with E-state index >= 15 is 0 Å². The SMILES string of the molecule is CN1C[C@H]2[C@@H](N)C[C@@]2(C)C1. The molecule has 0 bridgehead atoms. The Balaban J connectivity index is 2.12. The molecule has 0 amide bonds. The topological polar surface area (TPSA) is 29.3 Å². The van der Waals surface area contributed by atoms with Gasteiger partial charge in [0.2, 0.25) is 0 Å². The second-order valence-corrected chi connectivity index (χ2v) is 4.33. The predicted octanol–water partition coefficient (Wildman–Crippen LogP) is 0.285. The fourth-order valence-corrected chi connectivity index (χ4v) is 2.74. The minimum absolute atomic E-state index is 0.495. The fourth-order valence-electron chi connectivity index (χ4n) is 2.74. The first-order valence-electron chi connectivity index (χ1n) is 4.06. The van der Waals surface area contributed by atoms with Gasteiger partial charge in [-0.3, -0.25) is 0 Å². The van der Waals surface area contributed by atoms with Crippen molar-refractivity contribution in [2.45, 2.75) is 19.4 Å². The Labute approximate surface area is 62.4 Å². The zero-order valence-electron chi connectivity index (χ0n) is 6.80. The van der Waals surface area contributed by atoms with Gasteiger partial charge in [-0.25, -0.2) is 0 Å². The fraction of sp³-hybridized carbons (Fsp3) is 1.00. The Morgan fingerprint density at radius 1 is 1.60 bits per heavy atom. The molecule has 10 heavy (non-hydrogen) atoms. The summed E-state index contributed by atoms with van der Waals surface area (Å²) in [6, 6.07) is 0.495. The maximum atomic E-state index is 5.88. The van der Waals surface area contributed by atoms with Crippen molar-refractivity contribution in [1.29, 1.82) is 0 Å². The van der Waals surface area contributed by atoms with Crippen molar-refractivity contribution in [2.75, 3.05) is 20.1 Å². The molecule has 1 aliphatic carbocycles. The minimum Gasteiger partial charge on any atom is -0.327 e. The summed E-state index contributed by atoms with van der Waals surface area (Å²) < 4.78 is 0. The second kappa shape index (κ2) is 1.74. The third-order valence-electron chi connectivity index (χ3n) is 3.25. The Bertz CT molecular complexity index is 157. The predicted molar refractivity (Wildman–Crippen MR) is 41.7 cm³/mol. The van der Waals surface area contributed by atoms with Crippen molar-refractivity contribution in [3.05, 3.63) is 0 Å². The smallest absolute Gasteiger partial charge is 0.00908 e. The molecule has 1 saturated carbocycles. The first kappa shape index (κ1) is 6.62. The molecule has 2 fully saturated rings. The zero-order chi connectivity index (χ0) is 7.35. The van der Waals surface area contributed by atoms with Crippen LogP contribution in [0.1, 0.15) is 13.3 Å². The van der Waals surface area contributed by atoms with Crippen LogP contribution in [0.5, 0.6) is 0 Å². The molecule has 2 rings (SSSR count). The third-order valence-corrected chi connectivity index (χ3v) is 3.25. The monoisotopic (exact) mass is 140 g/mol. The molecule has 58 valence electrons. The minimum atomic E-state index is 0.495. The molecule has 0 radical (unpaired) electrons. The van der Waals surface area contributed by atoms with Crippen LogP contribution in [0.4, 0.5) is 0 Å². The van der Waals surface area contributed by atoms with Gasteiger partial charge in [0.1, 0.15) is 0 Å². The van der Waals surface area contributed by atoms with E-state index in [1.807, 2.05) is 0 Å². The summed E-state index contributed by atoms with van der Waals surface area (Å²) >= 11 is 0. The van der Waals surface area contributed by atoms with Crippen LogP contribution < -0.4 is 5.73 Å². The van der Waals surface area contributed by atoms with Gasteiger partial charge in [0.15, 0.2) is 0 Å². The van der Waals surface area contributed by atoms with E-state index in [-0.39, 0.29) is 0 Å². The Kier molecular flexibility index (Phi) is 1.15. The Morgan fingerprint density at radius 2 is 2.30 bits per heavy atom. The molecule has 0 aromatic heterocycles. The molecule has 0 aromatic rings. The van der Waals surface area contributed by atoms with Gasteiger partial charge in [-0.1, -0.05) is 6.92 Å². The average Bonchev–Trinajstić information content (AvgIpc) is 2.03. The molecule has 0 aromatic carbocycles. The van der Waals surface area contributed by atoms with Gasteiger partial charge in [-0.15, -0.1) is 0 Å². The highest BCUT2D eigenvalue weighted by atomic mass is 15.2. The van der Waals surface area contributed by atoms with Crippen LogP contribution in [-0.2, 0) is 0 Å². The molecule has 1 aliphatic heterocycles. The summed E-state index contributed by atoms with van der Waals surface area (Å²) in [5.41, 5.74) is 6.46. The van der Waals surface area contributed by atoms with Gasteiger partial charge in [0.25, 0.3) is 0 Å². The lowest BCUT2D eigenvalue weighted by Crippen LogP contribution is -2.53. The van der Waals surface area contributed by atoms with Gasteiger partial charge in [-0.2, -0.15) is 0 Å². The number of hydrogen-bond acceptors (Lipinski definition) is 2. The van der Waals surface area contributed by atoms with Crippen molar-refractivity contribution < 1.29 is 0 Å². The summed E-state index contributed by atoms with van der Waals surface area (Å²) in [6.45, 7) is 4.84. The van der Waals surface area contributed by atoms with E-state index in [1.165, 1.54) is 19.5 Å². The van der Waals surface area contributed by atoms with Crippen LogP contribution in [0, 0.1) is 11.3 Å². The summed E-state index contributed by atoms with van der Waals surface area (Å²) in [4.78, 5) is 2.40. The van der Waals surface area contributed by atoms with E-state index in [0.717, 1.165) is 5.92 Å². The van der Waals surface area contributed by atoms with Crippen molar-refractivity contribution in [3.63, 3.8) is 0 Å². The van der Waals surface area contributed by atoms with Gasteiger partial charge < -0.3 is 10.6 Å². The summed E-state index contributed by atoms with van der Waals surface area (Å²) in [6.07, 6.45) is 1.24. The van der Waals surface area contributed by atoms with Crippen molar-refractivity contribution in [1.82, 2.24) is 4.90 Å². The highest BCUT2D eigenvalue weighted by molar-refractivity contribution is 5.07. The average molecular weight is 140 g/mol. The van der Waals surface area contributed by atoms with Crippen LogP contribution in [-0.4, -0.2) is 31.1 Å². The Morgan fingerprint density at radius 3 is 2.70 bits per heavy atom. The van der Waals surface area contributed by atoms with Crippen molar-refractivity contribution in [3.8, 4) is 0 Å². The molecular weight excluding hydrogens is 124 g/mol. The number of nitrogens with zero attached hydrogens (tertiary/aromatic N) is 1. The Hall–Kier alpha value is -0.0800. The standard InChI is InChI=1S/C8H16N2/c1-8-3-7(9)6(8)4-10(2)5-8/h6-7H,3-5,9H2,1-2H3/t6-,7-,8-/m0/s1. The number of nitrogens with two attached hydrogens (primary N) is 1. The second-order valence-electron chi connectivity index (χ2n) is 4.33. The molecule has 2 N–H and O–H groups in total. The van der Waals surface area contributed by atoms with Gasteiger partial charge >= 0.3 is 0 Å². The largest absolute Gasteiger partial charge is 0.327 e. The molecular formula is C8H16N2. The van der Waals surface area contributed by atoms with E-state index in [4.69, 9.17) is 5.73 Å². The number of likely N-dealkylation sites (tertiary alicyclic amines) is 1. The van der Waals surface area contributed by atoms with Crippen molar-refractivity contribution >= 4 is 0 Å². The third kappa shape index (κ3) is 0.663. The summed E-state index contributed by atoms with van der Waals surface area (Å²) in [5.74, 6) is 0.789. The molecule has 0 unspecified atom stereocenters. The first-order chi connectivity index (χ1) is 4.62. The van der Waals surface area contributed by atoms with Crippen LogP contribution >= 0.6 is 0 Å². The van der Waals surface area contributed by atoms with E-state index in [0.29, 0.717) is 11.5 Å². The van der Waals surface area contributed by atoms with Gasteiger partial charge in [-0.05, 0) is 24.8 Å². The van der Waals surface area contributed by atoms with E-state index in [9.17, 15) is 0 Å². The molecule has 2 nitrogen and oxygen atoms in total. The lowest BCUT2D eigenvalue weighted by Gasteiger charge is -2.46. The van der Waals surface area contributed by atoms with Crippen molar-refractivity contribution in [2.24, 2.45) is 17.1 Å². The zero-order valence-corrected chi connectivity index (χ0v) is 6.80. The lowest BCUT2D eigenvalue weighted by atomic mass is 9.60. The number of fused-ring (bicyclic) bond motifs is 1. The lowest BCUT2D eigenvalue weighted by molar-refractivity contribution is 0.0761. The van der Waals surface area contributed by atoms with E-state index in [1.54, 1.807) is 0 Å². The maximum absolute atomic E-state index is 5.88. The highest BCUT2D eigenvalue weighted by Crippen LogP contribution is 2.50. The van der Waals surface area contributed by atoms with Crippen LogP contribution in [0.2, 0.25) is 0 Å². The molecule has 2 aliphatic rings. The molecule has 0 spiro atoms. The van der Waals surface area contributed by atoms with Gasteiger partial charge in [0, 0.05) is 19.1 Å². The van der Waals surface area contributed by atoms with Crippen LogP contribution in [0.3, 0.4) is 0 Å². The van der Waals surface area contributed by atoms with E-state index in [2.05, 4.69) is 18.9 Å². The van der Waals surface area contributed by atoms with Gasteiger partial charge in [0.05, 0.1) is 0 Å². The maximum Gasteiger partial charge on any atom is 0.00908 e.